The highest BCUT2D eigenvalue weighted by molar-refractivity contribution is 7.45. The monoisotopic (exact) mass is 1250 g/mol. The van der Waals surface area contributed by atoms with Gasteiger partial charge in [-0.2, -0.15) is 0 Å². The van der Waals surface area contributed by atoms with Gasteiger partial charge in [0.15, 0.2) is 6.10 Å². The van der Waals surface area contributed by atoms with Crippen molar-refractivity contribution in [2.45, 2.75) is 399 Å². The zero-order chi connectivity index (χ0) is 63.4. The van der Waals surface area contributed by atoms with E-state index in [0.29, 0.717) is 17.4 Å². The van der Waals surface area contributed by atoms with Crippen LogP contribution < -0.4 is 4.89 Å². The summed E-state index contributed by atoms with van der Waals surface area (Å²) in [6, 6.07) is 0. The first kappa shape index (κ1) is 85.2. The number of phosphoric acid groups is 1. The maximum absolute atomic E-state index is 12.9. The number of quaternary nitrogens is 1. The van der Waals surface area contributed by atoms with Crippen LogP contribution in [0.25, 0.3) is 0 Å². The molecule has 0 aromatic rings. The van der Waals surface area contributed by atoms with Crippen LogP contribution in [-0.2, 0) is 32.7 Å². The topological polar surface area (TPSA) is 111 Å². The van der Waals surface area contributed by atoms with Gasteiger partial charge in [-0.05, 0) is 51.4 Å². The predicted octanol–water partition coefficient (Wildman–Crippen LogP) is 24.4. The number of phosphoric ester groups is 1. The molecule has 0 fully saturated rings. The maximum atomic E-state index is 12.9. The van der Waals surface area contributed by atoms with Gasteiger partial charge in [0, 0.05) is 12.8 Å². The number of carbonyl (C=O) groups excluding carboxylic acids is 2. The highest BCUT2D eigenvalue weighted by Crippen LogP contribution is 2.38. The van der Waals surface area contributed by atoms with E-state index >= 15 is 0 Å². The second-order valence-corrected chi connectivity index (χ2v) is 28.8. The van der Waals surface area contributed by atoms with Gasteiger partial charge in [0.05, 0.1) is 27.7 Å². The second kappa shape index (κ2) is 68.6. The molecule has 0 N–H and O–H groups in total. The quantitative estimate of drug-likeness (QED) is 0.0195. The first-order valence-corrected chi connectivity index (χ1v) is 39.7. The predicted molar refractivity (Wildman–Crippen MR) is 374 cm³/mol. The van der Waals surface area contributed by atoms with Crippen LogP contribution in [0.1, 0.15) is 393 Å². The fourth-order valence-electron chi connectivity index (χ4n) is 11.6. The van der Waals surface area contributed by atoms with Crippen LogP contribution in [0.15, 0.2) is 36.5 Å². The van der Waals surface area contributed by atoms with Gasteiger partial charge in [0.2, 0.25) is 0 Å². The van der Waals surface area contributed by atoms with Gasteiger partial charge in [0.1, 0.15) is 19.8 Å². The third kappa shape index (κ3) is 73.2. The average molecular weight is 1250 g/mol. The Balaban J connectivity index is 3.88. The fraction of sp³-hybridized carbons (Fsp3) is 0.896. The number of ether oxygens (including phenoxy) is 2. The van der Waals surface area contributed by atoms with Gasteiger partial charge < -0.3 is 27.9 Å². The number of unbranched alkanes of at least 4 members (excludes halogenated alkanes) is 52. The Morgan fingerprint density at radius 1 is 0.356 bits per heavy atom. The van der Waals surface area contributed by atoms with Crippen molar-refractivity contribution in [3.8, 4) is 0 Å². The van der Waals surface area contributed by atoms with Gasteiger partial charge in [-0.3, -0.25) is 14.2 Å². The molecule has 0 aromatic carbocycles. The standard InChI is InChI=1S/C77H148NO8P/c1-6-8-10-12-14-16-18-20-22-24-26-28-30-31-32-33-34-35-36-37-38-39-40-41-42-43-44-45-46-47-48-50-52-54-56-58-60-62-64-66-68-70-77(80)86-75(74-85-87(81,82)84-72-71-78(3,4)5)73-83-76(79)69-67-65-63-61-59-57-55-53-51-49-29-27-25-23-21-19-17-15-13-11-9-7-2/h18,20,24,26,30-31,75H,6-17,19,21-23,25,27-29,32-74H2,1-5H3/b20-18-,26-24-,31-30-. The van der Waals surface area contributed by atoms with Crippen molar-refractivity contribution in [2.24, 2.45) is 0 Å². The summed E-state index contributed by atoms with van der Waals surface area (Å²) in [5, 5.41) is 0. The maximum Gasteiger partial charge on any atom is 0.306 e. The Kier molecular flexibility index (Phi) is 67.2. The lowest BCUT2D eigenvalue weighted by Crippen LogP contribution is -2.37. The van der Waals surface area contributed by atoms with Gasteiger partial charge in [0.25, 0.3) is 7.82 Å². The van der Waals surface area contributed by atoms with E-state index in [-0.39, 0.29) is 32.0 Å². The van der Waals surface area contributed by atoms with E-state index in [1.54, 1.807) is 0 Å². The molecular formula is C77H148NO8P. The third-order valence-electron chi connectivity index (χ3n) is 17.4. The fourth-order valence-corrected chi connectivity index (χ4v) is 12.3. The lowest BCUT2D eigenvalue weighted by atomic mass is 10.0. The van der Waals surface area contributed by atoms with Crippen molar-refractivity contribution < 1.29 is 42.1 Å². The van der Waals surface area contributed by atoms with E-state index in [2.05, 4.69) is 50.3 Å². The molecule has 0 saturated heterocycles. The highest BCUT2D eigenvalue weighted by atomic mass is 31.2. The zero-order valence-corrected chi connectivity index (χ0v) is 59.6. The van der Waals surface area contributed by atoms with Gasteiger partial charge in [-0.15, -0.1) is 0 Å². The molecule has 2 unspecified atom stereocenters. The number of hydrogen-bond acceptors (Lipinski definition) is 8. The summed E-state index contributed by atoms with van der Waals surface area (Å²) in [6.45, 7) is 4.31. The van der Waals surface area contributed by atoms with E-state index in [9.17, 15) is 19.0 Å². The molecule has 0 aliphatic heterocycles. The molecule has 0 radical (unpaired) electrons. The number of allylic oxidation sites excluding steroid dienone is 6. The van der Waals surface area contributed by atoms with E-state index < -0.39 is 26.5 Å². The van der Waals surface area contributed by atoms with Crippen LogP contribution in [0.5, 0.6) is 0 Å². The van der Waals surface area contributed by atoms with E-state index in [0.717, 1.165) is 44.9 Å². The van der Waals surface area contributed by atoms with E-state index in [4.69, 9.17) is 18.5 Å². The Hall–Kier alpha value is -1.77. The van der Waals surface area contributed by atoms with Crippen molar-refractivity contribution in [2.75, 3.05) is 47.5 Å². The molecule has 0 rings (SSSR count). The lowest BCUT2D eigenvalue weighted by Gasteiger charge is -2.28. The van der Waals surface area contributed by atoms with Crippen LogP contribution in [0.3, 0.4) is 0 Å². The van der Waals surface area contributed by atoms with Crippen molar-refractivity contribution in [1.29, 1.82) is 0 Å². The van der Waals surface area contributed by atoms with Crippen LogP contribution in [0.4, 0.5) is 0 Å². The summed E-state index contributed by atoms with van der Waals surface area (Å²) < 4.78 is 34.4. The minimum atomic E-state index is -4.64. The number of esters is 2. The molecule has 0 aliphatic rings. The number of likely N-dealkylation sites (N-methyl/N-ethyl adjacent to an activating group) is 1. The normalized spacial score (nSPS) is 13.2. The summed E-state index contributed by atoms with van der Waals surface area (Å²) in [7, 11) is 1.19. The molecule has 0 heterocycles. The minimum Gasteiger partial charge on any atom is -0.756 e. The van der Waals surface area contributed by atoms with Crippen molar-refractivity contribution in [1.82, 2.24) is 0 Å². The van der Waals surface area contributed by atoms with Gasteiger partial charge >= 0.3 is 11.9 Å². The van der Waals surface area contributed by atoms with Crippen molar-refractivity contribution >= 4 is 19.8 Å². The van der Waals surface area contributed by atoms with Crippen LogP contribution in [-0.4, -0.2) is 70.0 Å². The van der Waals surface area contributed by atoms with E-state index in [1.807, 2.05) is 21.1 Å². The smallest absolute Gasteiger partial charge is 0.306 e. The molecule has 0 aliphatic carbocycles. The molecule has 0 amide bonds. The molecule has 514 valence electrons. The highest BCUT2D eigenvalue weighted by Gasteiger charge is 2.22. The number of nitrogens with zero attached hydrogens (tertiary/aromatic N) is 1. The lowest BCUT2D eigenvalue weighted by molar-refractivity contribution is -0.870. The number of carbonyl (C=O) groups is 2. The van der Waals surface area contributed by atoms with Gasteiger partial charge in [-0.1, -0.05) is 365 Å². The Bertz CT molecular complexity index is 1560. The molecule has 0 saturated carbocycles. The van der Waals surface area contributed by atoms with E-state index in [1.165, 1.54) is 315 Å². The third-order valence-corrected chi connectivity index (χ3v) is 18.4. The van der Waals surface area contributed by atoms with Crippen LogP contribution in [0, 0.1) is 0 Å². The summed E-state index contributed by atoms with van der Waals surface area (Å²) in [5.74, 6) is -0.807. The summed E-state index contributed by atoms with van der Waals surface area (Å²) >= 11 is 0. The zero-order valence-electron chi connectivity index (χ0n) is 58.7. The molecule has 87 heavy (non-hydrogen) atoms. The number of rotatable bonds is 72. The number of hydrogen-bond donors (Lipinski definition) is 0. The molecule has 10 heteroatoms. The summed E-state index contributed by atoms with van der Waals surface area (Å²) in [5.41, 5.74) is 0. The second-order valence-electron chi connectivity index (χ2n) is 27.4. The first-order valence-electron chi connectivity index (χ1n) is 38.2. The first-order chi connectivity index (χ1) is 42.5. The Morgan fingerprint density at radius 3 is 0.920 bits per heavy atom. The molecule has 9 nitrogen and oxygen atoms in total. The largest absolute Gasteiger partial charge is 0.756 e. The molecule has 2 atom stereocenters. The van der Waals surface area contributed by atoms with Crippen LogP contribution >= 0.6 is 7.82 Å². The van der Waals surface area contributed by atoms with Crippen LogP contribution in [0.2, 0.25) is 0 Å². The SMILES string of the molecule is CCCCCCC/C=C\C/C=C\C/C=C\CCCCCCCCCCCCCCCCCCCCCCCCCCCCC(=O)OC(COC(=O)CCCCCCCCCCCCCCCCCCCCCCCC)COP(=O)([O-])OCC[N+](C)(C)C. The molecule has 0 spiro atoms. The Labute approximate surface area is 541 Å². The molecule has 0 aromatic heterocycles. The van der Waals surface area contributed by atoms with Crippen molar-refractivity contribution in [3.63, 3.8) is 0 Å². The Morgan fingerprint density at radius 2 is 0.621 bits per heavy atom. The van der Waals surface area contributed by atoms with Gasteiger partial charge in [-0.25, -0.2) is 0 Å². The summed E-state index contributed by atoms with van der Waals surface area (Å²) in [6.07, 6.45) is 88.3. The van der Waals surface area contributed by atoms with Crippen molar-refractivity contribution in [3.05, 3.63) is 36.5 Å². The molecule has 0 bridgehead atoms. The summed E-state index contributed by atoms with van der Waals surface area (Å²) in [4.78, 5) is 38.1. The average Bonchev–Trinajstić information content (AvgIpc) is 3.50. The molecular weight excluding hydrogens is 1100 g/mol. The minimum absolute atomic E-state index is 0.0266.